The number of unbranched alkanes of at least 4 members (excludes halogenated alkanes) is 18. The first-order valence-electron chi connectivity index (χ1n) is 24.6. The number of hydrogen-bond acceptors (Lipinski definition) is 7. The Morgan fingerprint density at radius 1 is 0.431 bits per heavy atom. The van der Waals surface area contributed by atoms with Crippen molar-refractivity contribution >= 4 is 35.7 Å². The van der Waals surface area contributed by atoms with Gasteiger partial charge >= 0.3 is 11.9 Å². The summed E-state index contributed by atoms with van der Waals surface area (Å²) >= 11 is 0. The molecule has 0 bridgehead atoms. The molecule has 0 fully saturated rings. The lowest BCUT2D eigenvalue weighted by Crippen LogP contribution is -2.10. The van der Waals surface area contributed by atoms with E-state index in [0.29, 0.717) is 11.1 Å². The molecule has 5 rings (SSSR count). The van der Waals surface area contributed by atoms with E-state index >= 15 is 0 Å². The summed E-state index contributed by atoms with van der Waals surface area (Å²) in [5.41, 5.74) is 5.54. The third kappa shape index (κ3) is 20.3. The SMILES string of the molecule is CCCCCCCCCCCCOc1ccc(N=Cc2ccc(C(=O)Oc3cccc(OC(=O)c4ccc(C=Nc5ccc(CCCCCCCCCCCC)cc5)cc4)c3)cc2)cc1. The first-order valence-corrected chi connectivity index (χ1v) is 24.6. The molecule has 5 aromatic carbocycles. The minimum atomic E-state index is -0.525. The largest absolute Gasteiger partial charge is 0.494 e. The molecule has 7 heteroatoms. The van der Waals surface area contributed by atoms with E-state index in [1.807, 2.05) is 48.5 Å². The summed E-state index contributed by atoms with van der Waals surface area (Å²) in [7, 11) is 0. The molecule has 0 radical (unpaired) electrons. The molecule has 0 unspecified atom stereocenters. The zero-order chi connectivity index (χ0) is 45.6. The van der Waals surface area contributed by atoms with Crippen LogP contribution < -0.4 is 14.2 Å². The number of esters is 2. The van der Waals surface area contributed by atoms with Gasteiger partial charge in [-0.1, -0.05) is 172 Å². The predicted molar refractivity (Wildman–Crippen MR) is 270 cm³/mol. The third-order valence-corrected chi connectivity index (χ3v) is 11.6. The van der Waals surface area contributed by atoms with Gasteiger partial charge in [-0.15, -0.1) is 0 Å². The van der Waals surface area contributed by atoms with Crippen molar-refractivity contribution in [1.82, 2.24) is 0 Å². The molecule has 0 aliphatic heterocycles. The topological polar surface area (TPSA) is 86.5 Å². The van der Waals surface area contributed by atoms with Crippen LogP contribution in [-0.2, 0) is 6.42 Å². The normalized spacial score (nSPS) is 11.4. The van der Waals surface area contributed by atoms with Crippen molar-refractivity contribution in [3.05, 3.63) is 149 Å². The van der Waals surface area contributed by atoms with E-state index in [1.54, 1.807) is 54.9 Å². The van der Waals surface area contributed by atoms with Crippen molar-refractivity contribution in [2.24, 2.45) is 9.98 Å². The van der Waals surface area contributed by atoms with Crippen molar-refractivity contribution in [3.63, 3.8) is 0 Å². The summed E-state index contributed by atoms with van der Waals surface area (Å²) < 4.78 is 17.2. The monoisotopic (exact) mass is 877 g/mol. The fourth-order valence-corrected chi connectivity index (χ4v) is 7.61. The summed E-state index contributed by atoms with van der Waals surface area (Å²) in [5.74, 6) is 0.339. The Bertz CT molecular complexity index is 2140. The number of carbonyl (C=O) groups is 2. The number of nitrogens with zero attached hydrogens (tertiary/aromatic N) is 2. The lowest BCUT2D eigenvalue weighted by molar-refractivity contribution is 0.0732. The van der Waals surface area contributed by atoms with Gasteiger partial charge in [0.2, 0.25) is 0 Å². The number of rotatable bonds is 31. The fourth-order valence-electron chi connectivity index (χ4n) is 7.61. The lowest BCUT2D eigenvalue weighted by atomic mass is 10.0. The second kappa shape index (κ2) is 30.3. The van der Waals surface area contributed by atoms with E-state index in [-0.39, 0.29) is 11.5 Å². The van der Waals surface area contributed by atoms with Crippen molar-refractivity contribution in [2.75, 3.05) is 6.61 Å². The van der Waals surface area contributed by atoms with Crippen LogP contribution in [0.25, 0.3) is 0 Å². The zero-order valence-corrected chi connectivity index (χ0v) is 39.2. The highest BCUT2D eigenvalue weighted by molar-refractivity contribution is 5.93. The zero-order valence-electron chi connectivity index (χ0n) is 39.2. The Balaban J connectivity index is 0.978. The third-order valence-electron chi connectivity index (χ3n) is 11.6. The molecule has 0 saturated carbocycles. The highest BCUT2D eigenvalue weighted by atomic mass is 16.5. The number of aryl methyl sites for hydroxylation is 1. The molecule has 0 N–H and O–H groups in total. The maximum absolute atomic E-state index is 13.0. The van der Waals surface area contributed by atoms with E-state index in [4.69, 9.17) is 14.2 Å². The van der Waals surface area contributed by atoms with Crippen molar-refractivity contribution in [1.29, 1.82) is 0 Å². The number of hydrogen-bond donors (Lipinski definition) is 0. The fraction of sp³-hybridized carbons (Fsp3) is 0.414. The van der Waals surface area contributed by atoms with Gasteiger partial charge in [0.05, 0.1) is 29.1 Å². The van der Waals surface area contributed by atoms with E-state index in [0.717, 1.165) is 47.7 Å². The second-order valence-corrected chi connectivity index (χ2v) is 17.1. The Morgan fingerprint density at radius 3 is 1.28 bits per heavy atom. The number of ether oxygens (including phenoxy) is 3. The molecule has 0 saturated heterocycles. The Kier molecular flexibility index (Phi) is 23.4. The average molecular weight is 877 g/mol. The minimum Gasteiger partial charge on any atom is -0.494 e. The molecule has 344 valence electrons. The second-order valence-electron chi connectivity index (χ2n) is 17.1. The molecule has 0 amide bonds. The van der Waals surface area contributed by atoms with Crippen LogP contribution in [0.4, 0.5) is 11.4 Å². The Labute approximate surface area is 389 Å². The smallest absolute Gasteiger partial charge is 0.343 e. The molecule has 0 aliphatic carbocycles. The number of benzene rings is 5. The molecule has 0 aliphatic rings. The maximum atomic E-state index is 13.0. The van der Waals surface area contributed by atoms with E-state index < -0.39 is 11.9 Å². The molecule has 7 nitrogen and oxygen atoms in total. The van der Waals surface area contributed by atoms with Crippen LogP contribution in [0.3, 0.4) is 0 Å². The summed E-state index contributed by atoms with van der Waals surface area (Å²) in [5, 5.41) is 0. The summed E-state index contributed by atoms with van der Waals surface area (Å²) in [6, 6.07) is 36.8. The van der Waals surface area contributed by atoms with Crippen LogP contribution in [0.1, 0.15) is 180 Å². The van der Waals surface area contributed by atoms with Crippen LogP contribution in [0.15, 0.2) is 131 Å². The lowest BCUT2D eigenvalue weighted by Gasteiger charge is -2.08. The molecule has 65 heavy (non-hydrogen) atoms. The van der Waals surface area contributed by atoms with Gasteiger partial charge in [0.15, 0.2) is 0 Å². The van der Waals surface area contributed by atoms with Gasteiger partial charge in [-0.3, -0.25) is 9.98 Å². The number of carbonyl (C=O) groups excluding carboxylic acids is 2. The van der Waals surface area contributed by atoms with Gasteiger partial charge in [-0.25, -0.2) is 9.59 Å². The summed E-state index contributed by atoms with van der Waals surface area (Å²) in [6.07, 6.45) is 31.2. The average Bonchev–Trinajstić information content (AvgIpc) is 3.33. The molecule has 0 aromatic heterocycles. The Morgan fingerprint density at radius 2 is 0.831 bits per heavy atom. The van der Waals surface area contributed by atoms with Crippen LogP contribution in [-0.4, -0.2) is 31.0 Å². The molecular formula is C58H72N2O5. The summed E-state index contributed by atoms with van der Waals surface area (Å²) in [6.45, 7) is 5.26. The maximum Gasteiger partial charge on any atom is 0.343 e. The van der Waals surface area contributed by atoms with E-state index in [2.05, 4.69) is 48.1 Å². The van der Waals surface area contributed by atoms with Crippen molar-refractivity contribution in [2.45, 2.75) is 149 Å². The number of aliphatic imine (C=N–C) groups is 2. The van der Waals surface area contributed by atoms with Crippen LogP contribution in [0.5, 0.6) is 17.2 Å². The van der Waals surface area contributed by atoms with Gasteiger partial charge < -0.3 is 14.2 Å². The first-order chi connectivity index (χ1) is 32.0. The predicted octanol–water partition coefficient (Wildman–Crippen LogP) is 16.4. The van der Waals surface area contributed by atoms with E-state index in [9.17, 15) is 9.59 Å². The Hall–Kier alpha value is -5.82. The van der Waals surface area contributed by atoms with Gasteiger partial charge in [0.1, 0.15) is 17.2 Å². The van der Waals surface area contributed by atoms with E-state index in [1.165, 1.54) is 134 Å². The molecule has 5 aromatic rings. The molecular weight excluding hydrogens is 805 g/mol. The molecule has 0 atom stereocenters. The highest BCUT2D eigenvalue weighted by Gasteiger charge is 2.12. The quantitative estimate of drug-likeness (QED) is 0.0192. The van der Waals surface area contributed by atoms with Crippen molar-refractivity contribution < 1.29 is 23.8 Å². The van der Waals surface area contributed by atoms with Crippen LogP contribution in [0, 0.1) is 0 Å². The van der Waals surface area contributed by atoms with Gasteiger partial charge in [0.25, 0.3) is 0 Å². The van der Waals surface area contributed by atoms with Crippen LogP contribution >= 0.6 is 0 Å². The summed E-state index contributed by atoms with van der Waals surface area (Å²) in [4.78, 5) is 35.2. The first kappa shape index (κ1) is 50.2. The molecule has 0 spiro atoms. The molecule has 0 heterocycles. The van der Waals surface area contributed by atoms with Crippen molar-refractivity contribution in [3.8, 4) is 17.2 Å². The highest BCUT2D eigenvalue weighted by Crippen LogP contribution is 2.23. The minimum absolute atomic E-state index is 0.264. The van der Waals surface area contributed by atoms with Gasteiger partial charge in [-0.05, 0) is 109 Å². The standard InChI is InChI=1S/C58H72N2O5/c1-3-5-7-9-11-13-15-17-19-21-24-47-31-37-52(38-32-47)59-45-48-27-33-50(34-28-48)57(61)64-55-25-23-26-56(44-55)65-58(62)51-35-29-49(30-36-51)46-60-53-39-41-54(42-40-53)63-43-22-20-18-16-14-12-10-8-6-4-2/h23,25-42,44-46H,3-22,24,43H2,1-2H3. The van der Waals surface area contributed by atoms with Gasteiger partial charge in [-0.2, -0.15) is 0 Å². The van der Waals surface area contributed by atoms with Crippen LogP contribution in [0.2, 0.25) is 0 Å². The van der Waals surface area contributed by atoms with Gasteiger partial charge in [0, 0.05) is 18.5 Å².